The first-order valence-corrected chi connectivity index (χ1v) is 9.03. The largest absolute Gasteiger partial charge is 0.493 e. The van der Waals surface area contributed by atoms with E-state index in [1.54, 1.807) is 32.9 Å². The summed E-state index contributed by atoms with van der Waals surface area (Å²) >= 11 is 0. The smallest absolute Gasteiger partial charge is 0.407 e. The zero-order valence-electron chi connectivity index (χ0n) is 17.0. The molecule has 3 N–H and O–H groups in total. The van der Waals surface area contributed by atoms with Gasteiger partial charge in [-0.15, -0.1) is 0 Å². The molecule has 1 aromatic carbocycles. The first kappa shape index (κ1) is 23.1. The van der Waals surface area contributed by atoms with Crippen LogP contribution in [0.15, 0.2) is 18.2 Å². The van der Waals surface area contributed by atoms with Crippen LogP contribution in [-0.4, -0.2) is 43.8 Å². The van der Waals surface area contributed by atoms with Crippen LogP contribution in [0.5, 0.6) is 11.5 Å². The Kier molecular flexibility index (Phi) is 9.07. The monoisotopic (exact) mass is 395 g/mol. The van der Waals surface area contributed by atoms with Gasteiger partial charge >= 0.3 is 6.09 Å². The number of hydrogen-bond acceptors (Lipinski definition) is 6. The second-order valence-electron chi connectivity index (χ2n) is 6.90. The first-order chi connectivity index (χ1) is 13.2. The van der Waals surface area contributed by atoms with E-state index in [2.05, 4.69) is 16.2 Å². The Morgan fingerprint density at radius 1 is 1.07 bits per heavy atom. The average molecular weight is 395 g/mol. The van der Waals surface area contributed by atoms with Gasteiger partial charge in [-0.2, -0.15) is 0 Å². The number of ether oxygens (including phenoxy) is 3. The van der Waals surface area contributed by atoms with Gasteiger partial charge < -0.3 is 19.5 Å². The summed E-state index contributed by atoms with van der Waals surface area (Å²) in [6.45, 7) is 7.83. The van der Waals surface area contributed by atoms with Crippen LogP contribution in [0.2, 0.25) is 0 Å². The summed E-state index contributed by atoms with van der Waals surface area (Å²) in [4.78, 5) is 35.4. The van der Waals surface area contributed by atoms with E-state index in [4.69, 9.17) is 14.2 Å². The summed E-state index contributed by atoms with van der Waals surface area (Å²) in [5.41, 5.74) is 4.28. The predicted octanol–water partition coefficient (Wildman–Crippen LogP) is 2.16. The minimum Gasteiger partial charge on any atom is -0.493 e. The second-order valence-corrected chi connectivity index (χ2v) is 6.90. The number of nitrogens with one attached hydrogen (secondary N) is 3. The van der Waals surface area contributed by atoms with E-state index in [1.165, 1.54) is 13.2 Å². The Morgan fingerprint density at radius 3 is 2.39 bits per heavy atom. The summed E-state index contributed by atoms with van der Waals surface area (Å²) in [7, 11) is 1.48. The summed E-state index contributed by atoms with van der Waals surface area (Å²) in [6, 6.07) is 4.73. The Balaban J connectivity index is 2.44. The van der Waals surface area contributed by atoms with Crippen molar-refractivity contribution in [1.29, 1.82) is 0 Å². The summed E-state index contributed by atoms with van der Waals surface area (Å²) in [6.07, 6.45) is 0.217. The minimum absolute atomic E-state index is 0.0212. The fourth-order valence-electron chi connectivity index (χ4n) is 1.99. The highest BCUT2D eigenvalue weighted by atomic mass is 16.6. The molecule has 0 heterocycles. The maximum Gasteiger partial charge on any atom is 0.407 e. The molecule has 0 atom stereocenters. The van der Waals surface area contributed by atoms with Gasteiger partial charge in [0.1, 0.15) is 5.60 Å². The molecule has 0 spiro atoms. The Hall–Kier alpha value is -2.97. The molecule has 156 valence electrons. The van der Waals surface area contributed by atoms with Crippen molar-refractivity contribution >= 4 is 17.9 Å². The highest BCUT2D eigenvalue weighted by Crippen LogP contribution is 2.28. The van der Waals surface area contributed by atoms with Gasteiger partial charge in [0.15, 0.2) is 11.5 Å². The molecule has 9 heteroatoms. The lowest BCUT2D eigenvalue weighted by Gasteiger charge is -2.19. The van der Waals surface area contributed by atoms with Crippen LogP contribution in [0.4, 0.5) is 4.79 Å². The van der Waals surface area contributed by atoms with Crippen molar-refractivity contribution < 1.29 is 28.6 Å². The molecule has 0 fully saturated rings. The van der Waals surface area contributed by atoms with E-state index in [0.29, 0.717) is 23.7 Å². The van der Waals surface area contributed by atoms with E-state index in [1.807, 2.05) is 6.92 Å². The second kappa shape index (κ2) is 11.0. The van der Waals surface area contributed by atoms with Crippen LogP contribution >= 0.6 is 0 Å². The number of amides is 3. The van der Waals surface area contributed by atoms with Crippen LogP contribution in [0.3, 0.4) is 0 Å². The van der Waals surface area contributed by atoms with E-state index in [9.17, 15) is 14.4 Å². The number of benzene rings is 1. The van der Waals surface area contributed by atoms with E-state index < -0.39 is 23.5 Å². The van der Waals surface area contributed by atoms with Crippen molar-refractivity contribution in [2.75, 3.05) is 20.3 Å². The quantitative estimate of drug-likeness (QED) is 0.581. The van der Waals surface area contributed by atoms with Crippen LogP contribution in [0, 0.1) is 0 Å². The average Bonchev–Trinajstić information content (AvgIpc) is 2.62. The predicted molar refractivity (Wildman–Crippen MR) is 103 cm³/mol. The summed E-state index contributed by atoms with van der Waals surface area (Å²) in [5.74, 6) is 0.000191. The standard InChI is InChI=1S/C19H29N3O6/c1-6-11-27-14-8-7-13(12-15(14)26-5)17(24)22-21-16(23)9-10-20-18(25)28-19(2,3)4/h7-8,12H,6,9-11H2,1-5H3,(H,20,25)(H,21,23)(H,22,24). The van der Waals surface area contributed by atoms with Gasteiger partial charge in [-0.25, -0.2) is 4.79 Å². The fraction of sp³-hybridized carbons (Fsp3) is 0.526. The number of rotatable bonds is 8. The third-order valence-corrected chi connectivity index (χ3v) is 3.22. The van der Waals surface area contributed by atoms with Gasteiger partial charge in [0, 0.05) is 18.5 Å². The molecule has 0 aliphatic rings. The van der Waals surface area contributed by atoms with E-state index in [0.717, 1.165) is 6.42 Å². The molecule has 0 bridgehead atoms. The molecule has 0 radical (unpaired) electrons. The van der Waals surface area contributed by atoms with Gasteiger partial charge in [0.05, 0.1) is 13.7 Å². The lowest BCUT2D eigenvalue weighted by molar-refractivity contribution is -0.121. The van der Waals surface area contributed by atoms with Crippen molar-refractivity contribution in [3.05, 3.63) is 23.8 Å². The fourth-order valence-corrected chi connectivity index (χ4v) is 1.99. The topological polar surface area (TPSA) is 115 Å². The van der Waals surface area contributed by atoms with Gasteiger partial charge in [0.25, 0.3) is 5.91 Å². The van der Waals surface area contributed by atoms with Crippen LogP contribution in [0.1, 0.15) is 50.9 Å². The molecule has 0 aromatic heterocycles. The number of hydrazine groups is 1. The lowest BCUT2D eigenvalue weighted by Crippen LogP contribution is -2.43. The minimum atomic E-state index is -0.613. The zero-order chi connectivity index (χ0) is 21.2. The summed E-state index contributed by atoms with van der Waals surface area (Å²) < 4.78 is 15.8. The highest BCUT2D eigenvalue weighted by Gasteiger charge is 2.16. The molecule has 0 aliphatic carbocycles. The molecular weight excluding hydrogens is 366 g/mol. The number of carbonyl (C=O) groups excluding carboxylic acids is 3. The summed E-state index contributed by atoms with van der Waals surface area (Å²) in [5, 5.41) is 2.46. The SMILES string of the molecule is CCCOc1ccc(C(=O)NNC(=O)CCNC(=O)OC(C)(C)C)cc1OC. The molecule has 1 aromatic rings. The van der Waals surface area contributed by atoms with Crippen molar-refractivity contribution in [3.63, 3.8) is 0 Å². The number of carbonyl (C=O) groups is 3. The van der Waals surface area contributed by atoms with Gasteiger partial charge in [-0.05, 0) is 45.4 Å². The van der Waals surface area contributed by atoms with Crippen LogP contribution in [-0.2, 0) is 9.53 Å². The van der Waals surface area contributed by atoms with Crippen molar-refractivity contribution in [2.45, 2.75) is 46.1 Å². The van der Waals surface area contributed by atoms with E-state index >= 15 is 0 Å². The van der Waals surface area contributed by atoms with Gasteiger partial charge in [-0.3, -0.25) is 20.4 Å². The molecule has 9 nitrogen and oxygen atoms in total. The third kappa shape index (κ3) is 8.61. The molecule has 1 rings (SSSR count). The maximum absolute atomic E-state index is 12.2. The number of methoxy groups -OCH3 is 1. The van der Waals surface area contributed by atoms with Crippen LogP contribution in [0.25, 0.3) is 0 Å². The normalized spacial score (nSPS) is 10.6. The maximum atomic E-state index is 12.2. The molecular formula is C19H29N3O6. The highest BCUT2D eigenvalue weighted by molar-refractivity contribution is 5.96. The number of hydrogen-bond donors (Lipinski definition) is 3. The molecule has 3 amide bonds. The Bertz CT molecular complexity index is 685. The van der Waals surface area contributed by atoms with E-state index in [-0.39, 0.29) is 13.0 Å². The van der Waals surface area contributed by atoms with Crippen LogP contribution < -0.4 is 25.6 Å². The van der Waals surface area contributed by atoms with Crippen molar-refractivity contribution in [1.82, 2.24) is 16.2 Å². The molecule has 0 saturated heterocycles. The molecule has 0 saturated carbocycles. The number of alkyl carbamates (subject to hydrolysis) is 1. The molecule has 28 heavy (non-hydrogen) atoms. The van der Waals surface area contributed by atoms with Gasteiger partial charge in [0.2, 0.25) is 5.91 Å². The molecule has 0 aliphatic heterocycles. The van der Waals surface area contributed by atoms with Crippen molar-refractivity contribution in [3.8, 4) is 11.5 Å². The molecule has 0 unspecified atom stereocenters. The lowest BCUT2D eigenvalue weighted by atomic mass is 10.2. The first-order valence-electron chi connectivity index (χ1n) is 9.03. The zero-order valence-corrected chi connectivity index (χ0v) is 17.0. The van der Waals surface area contributed by atoms with Crippen molar-refractivity contribution in [2.24, 2.45) is 0 Å². The Labute approximate surface area is 165 Å². The Morgan fingerprint density at radius 2 is 1.79 bits per heavy atom. The third-order valence-electron chi connectivity index (χ3n) is 3.22. The van der Waals surface area contributed by atoms with Gasteiger partial charge in [-0.1, -0.05) is 6.92 Å².